The third kappa shape index (κ3) is 1.46. The second-order valence-electron chi connectivity index (χ2n) is 3.55. The van der Waals surface area contributed by atoms with Crippen molar-refractivity contribution in [2.75, 3.05) is 0 Å². The Morgan fingerprint density at radius 1 is 1.06 bits per heavy atom. The number of fused-ring (bicyclic) bond motifs is 1. The molecule has 2 aromatic heterocycles. The highest BCUT2D eigenvalue weighted by Crippen LogP contribution is 2.31. The second-order valence-corrected chi connectivity index (χ2v) is 4.46. The fraction of sp³-hybridized carbons (Fsp3) is 0. The highest BCUT2D eigenvalue weighted by Gasteiger charge is 2.05. The van der Waals surface area contributed by atoms with E-state index in [-0.39, 0.29) is 5.75 Å². The molecule has 0 atom stereocenters. The molecule has 0 aliphatic rings. The van der Waals surface area contributed by atoms with Crippen molar-refractivity contribution in [3.8, 4) is 17.0 Å². The van der Waals surface area contributed by atoms with Gasteiger partial charge in [0.15, 0.2) is 0 Å². The van der Waals surface area contributed by atoms with Crippen LogP contribution in [-0.4, -0.2) is 10.1 Å². The number of aromatic nitrogens is 1. The predicted molar refractivity (Wildman–Crippen MR) is 66.7 cm³/mol. The summed E-state index contributed by atoms with van der Waals surface area (Å²) in [5.41, 5.74) is 2.01. The van der Waals surface area contributed by atoms with Crippen LogP contribution < -0.4 is 0 Å². The van der Waals surface area contributed by atoms with Gasteiger partial charge in [0.25, 0.3) is 0 Å². The fourth-order valence-electron chi connectivity index (χ4n) is 1.74. The third-order valence-corrected chi connectivity index (χ3v) is 3.47. The summed E-state index contributed by atoms with van der Waals surface area (Å²) < 4.78 is 1.24. The normalized spacial score (nSPS) is 10.8. The van der Waals surface area contributed by atoms with Crippen LogP contribution in [-0.2, 0) is 0 Å². The monoisotopic (exact) mass is 227 g/mol. The van der Waals surface area contributed by atoms with Crippen molar-refractivity contribution in [3.63, 3.8) is 0 Å². The van der Waals surface area contributed by atoms with Crippen LogP contribution in [0.4, 0.5) is 0 Å². The first kappa shape index (κ1) is 9.36. The summed E-state index contributed by atoms with van der Waals surface area (Å²) in [6.45, 7) is 0. The second kappa shape index (κ2) is 3.61. The molecule has 3 aromatic rings. The van der Waals surface area contributed by atoms with Gasteiger partial charge in [-0.3, -0.25) is 4.98 Å². The van der Waals surface area contributed by atoms with Gasteiger partial charge in [-0.05, 0) is 29.0 Å². The Balaban J connectivity index is 2.25. The molecule has 3 rings (SSSR count). The first-order valence-corrected chi connectivity index (χ1v) is 5.84. The van der Waals surface area contributed by atoms with Gasteiger partial charge in [-0.1, -0.05) is 18.2 Å². The van der Waals surface area contributed by atoms with Crippen molar-refractivity contribution in [1.82, 2.24) is 4.98 Å². The quantitative estimate of drug-likeness (QED) is 0.688. The molecule has 1 aromatic carbocycles. The van der Waals surface area contributed by atoms with Crippen LogP contribution in [0.5, 0.6) is 5.75 Å². The zero-order valence-corrected chi connectivity index (χ0v) is 9.24. The van der Waals surface area contributed by atoms with Gasteiger partial charge in [0.1, 0.15) is 5.75 Å². The van der Waals surface area contributed by atoms with Crippen LogP contribution in [0.25, 0.3) is 21.3 Å². The van der Waals surface area contributed by atoms with Gasteiger partial charge in [-0.2, -0.15) is 0 Å². The Morgan fingerprint density at radius 2 is 2.00 bits per heavy atom. The number of hydrogen-bond donors (Lipinski definition) is 1. The number of aromatic hydroxyl groups is 1. The minimum absolute atomic E-state index is 0.196. The van der Waals surface area contributed by atoms with Gasteiger partial charge >= 0.3 is 0 Å². The van der Waals surface area contributed by atoms with Crippen molar-refractivity contribution in [1.29, 1.82) is 0 Å². The number of thiophene rings is 1. The standard InChI is InChI=1S/C13H9NOS/c15-10-4-5-12(14-8-10)11-3-1-2-9-6-7-16-13(9)11/h1-8,15H. The summed E-state index contributed by atoms with van der Waals surface area (Å²) in [5, 5.41) is 12.5. The maximum absolute atomic E-state index is 9.22. The van der Waals surface area contributed by atoms with Crippen molar-refractivity contribution in [2.24, 2.45) is 0 Å². The summed E-state index contributed by atoms with van der Waals surface area (Å²) in [5.74, 6) is 0.196. The number of pyridine rings is 1. The molecule has 0 bridgehead atoms. The Labute approximate surface area is 96.8 Å². The lowest BCUT2D eigenvalue weighted by atomic mass is 10.1. The maximum Gasteiger partial charge on any atom is 0.133 e. The van der Waals surface area contributed by atoms with Crippen LogP contribution >= 0.6 is 11.3 Å². The van der Waals surface area contributed by atoms with E-state index < -0.39 is 0 Å². The van der Waals surface area contributed by atoms with E-state index in [0.717, 1.165) is 11.3 Å². The summed E-state index contributed by atoms with van der Waals surface area (Å²) in [6, 6.07) is 11.8. The smallest absolute Gasteiger partial charge is 0.133 e. The minimum Gasteiger partial charge on any atom is -0.506 e. The molecular formula is C13H9NOS. The van der Waals surface area contributed by atoms with E-state index in [1.165, 1.54) is 16.3 Å². The van der Waals surface area contributed by atoms with Gasteiger partial charge in [0.2, 0.25) is 0 Å². The zero-order valence-electron chi connectivity index (χ0n) is 8.42. The SMILES string of the molecule is Oc1ccc(-c2cccc3ccsc23)nc1. The zero-order chi connectivity index (χ0) is 11.0. The predicted octanol–water partition coefficient (Wildman–Crippen LogP) is 3.67. The number of benzene rings is 1. The van der Waals surface area contributed by atoms with Gasteiger partial charge in [-0.25, -0.2) is 0 Å². The number of hydrogen-bond acceptors (Lipinski definition) is 3. The average Bonchev–Trinajstić information content (AvgIpc) is 2.78. The Morgan fingerprint density at radius 3 is 2.81 bits per heavy atom. The molecule has 0 radical (unpaired) electrons. The molecule has 0 saturated carbocycles. The van der Waals surface area contributed by atoms with E-state index in [2.05, 4.69) is 28.6 Å². The Bertz CT molecular complexity index is 628. The average molecular weight is 227 g/mol. The molecule has 2 heterocycles. The van der Waals surface area contributed by atoms with Gasteiger partial charge in [-0.15, -0.1) is 11.3 Å². The molecule has 0 aliphatic heterocycles. The van der Waals surface area contributed by atoms with Crippen LogP contribution in [0.1, 0.15) is 0 Å². The number of nitrogens with zero attached hydrogens (tertiary/aromatic N) is 1. The topological polar surface area (TPSA) is 33.1 Å². The maximum atomic E-state index is 9.22. The number of rotatable bonds is 1. The first-order valence-electron chi connectivity index (χ1n) is 4.96. The molecular weight excluding hydrogens is 218 g/mol. The van der Waals surface area contributed by atoms with Crippen LogP contribution in [0.2, 0.25) is 0 Å². The first-order chi connectivity index (χ1) is 7.84. The van der Waals surface area contributed by atoms with Crippen molar-refractivity contribution >= 4 is 21.4 Å². The van der Waals surface area contributed by atoms with Crippen molar-refractivity contribution in [2.45, 2.75) is 0 Å². The molecule has 78 valence electrons. The van der Waals surface area contributed by atoms with E-state index in [1.54, 1.807) is 17.4 Å². The van der Waals surface area contributed by atoms with E-state index in [1.807, 2.05) is 12.1 Å². The van der Waals surface area contributed by atoms with Gasteiger partial charge in [0, 0.05) is 10.3 Å². The molecule has 0 fully saturated rings. The largest absolute Gasteiger partial charge is 0.506 e. The molecule has 16 heavy (non-hydrogen) atoms. The summed E-state index contributed by atoms with van der Waals surface area (Å²) in [7, 11) is 0. The van der Waals surface area contributed by atoms with E-state index in [0.29, 0.717) is 0 Å². The van der Waals surface area contributed by atoms with E-state index in [4.69, 9.17) is 0 Å². The highest BCUT2D eigenvalue weighted by atomic mass is 32.1. The summed E-state index contributed by atoms with van der Waals surface area (Å²) in [6.07, 6.45) is 1.47. The molecule has 0 amide bonds. The van der Waals surface area contributed by atoms with Gasteiger partial charge in [0.05, 0.1) is 11.9 Å². The molecule has 0 saturated heterocycles. The molecule has 0 unspecified atom stereocenters. The molecule has 0 aliphatic carbocycles. The molecule has 2 nitrogen and oxygen atoms in total. The molecule has 3 heteroatoms. The van der Waals surface area contributed by atoms with Gasteiger partial charge < -0.3 is 5.11 Å². The van der Waals surface area contributed by atoms with Crippen molar-refractivity contribution < 1.29 is 5.11 Å². The summed E-state index contributed by atoms with van der Waals surface area (Å²) in [4.78, 5) is 4.23. The Hall–Kier alpha value is -1.87. The fourth-order valence-corrected chi connectivity index (χ4v) is 2.66. The lowest BCUT2D eigenvalue weighted by Crippen LogP contribution is -1.82. The highest BCUT2D eigenvalue weighted by molar-refractivity contribution is 7.17. The van der Waals surface area contributed by atoms with Crippen LogP contribution in [0, 0.1) is 0 Å². The lowest BCUT2D eigenvalue weighted by molar-refractivity contribution is 0.473. The van der Waals surface area contributed by atoms with Crippen LogP contribution in [0.3, 0.4) is 0 Å². The Kier molecular flexibility index (Phi) is 2.11. The molecule has 0 spiro atoms. The van der Waals surface area contributed by atoms with Crippen molar-refractivity contribution in [3.05, 3.63) is 48.0 Å². The molecule has 1 N–H and O–H groups in total. The van der Waals surface area contributed by atoms with E-state index >= 15 is 0 Å². The third-order valence-electron chi connectivity index (χ3n) is 2.50. The van der Waals surface area contributed by atoms with Crippen LogP contribution in [0.15, 0.2) is 48.0 Å². The minimum atomic E-state index is 0.196. The summed E-state index contributed by atoms with van der Waals surface area (Å²) >= 11 is 1.71. The lowest BCUT2D eigenvalue weighted by Gasteiger charge is -2.02. The van der Waals surface area contributed by atoms with E-state index in [9.17, 15) is 5.11 Å².